The molecule has 1 unspecified atom stereocenters. The van der Waals surface area contributed by atoms with Gasteiger partial charge in [-0.15, -0.1) is 0 Å². The van der Waals surface area contributed by atoms with Gasteiger partial charge in [-0.3, -0.25) is 4.79 Å². The van der Waals surface area contributed by atoms with Crippen LogP contribution in [0.25, 0.3) is 0 Å². The summed E-state index contributed by atoms with van der Waals surface area (Å²) in [6.07, 6.45) is 0.724. The van der Waals surface area contributed by atoms with Crippen LogP contribution in [-0.4, -0.2) is 11.9 Å². The second kappa shape index (κ2) is 3.62. The third kappa shape index (κ3) is 1.52. The average Bonchev–Trinajstić information content (AvgIpc) is 2.27. The fourth-order valence-electron chi connectivity index (χ4n) is 1.65. The van der Waals surface area contributed by atoms with Crippen LogP contribution < -0.4 is 10.6 Å². The van der Waals surface area contributed by atoms with E-state index in [1.54, 1.807) is 12.1 Å². The third-order valence-corrected chi connectivity index (χ3v) is 2.49. The highest BCUT2D eigenvalue weighted by molar-refractivity contribution is 6.04. The lowest BCUT2D eigenvalue weighted by Crippen LogP contribution is -2.38. The summed E-state index contributed by atoms with van der Waals surface area (Å²) in [4.78, 5) is 11.6. The molecule has 0 spiro atoms. The van der Waals surface area contributed by atoms with Crippen molar-refractivity contribution >= 4 is 17.3 Å². The van der Waals surface area contributed by atoms with Crippen molar-refractivity contribution in [1.29, 1.82) is 5.26 Å². The molecule has 1 aromatic rings. The lowest BCUT2D eigenvalue weighted by atomic mass is 10.1. The van der Waals surface area contributed by atoms with Crippen LogP contribution in [0.5, 0.6) is 0 Å². The zero-order valence-electron chi connectivity index (χ0n) is 8.37. The number of rotatable bonds is 1. The molecule has 4 heteroatoms. The minimum absolute atomic E-state index is 0.0762. The summed E-state index contributed by atoms with van der Waals surface area (Å²) in [6, 6.07) is 7.20. The van der Waals surface area contributed by atoms with Crippen LogP contribution in [0.1, 0.15) is 18.9 Å². The first-order valence-electron chi connectivity index (χ1n) is 4.86. The lowest BCUT2D eigenvalue weighted by molar-refractivity contribution is -0.117. The zero-order chi connectivity index (χ0) is 10.8. The number of carbonyl (C=O) groups is 1. The Hall–Kier alpha value is -2.02. The van der Waals surface area contributed by atoms with E-state index in [2.05, 4.69) is 16.7 Å². The maximum absolute atomic E-state index is 11.6. The van der Waals surface area contributed by atoms with Crippen molar-refractivity contribution in [2.24, 2.45) is 0 Å². The van der Waals surface area contributed by atoms with Gasteiger partial charge in [-0.05, 0) is 18.6 Å². The molecule has 0 bridgehead atoms. The normalized spacial score (nSPS) is 18.4. The second-order valence-electron chi connectivity index (χ2n) is 3.43. The van der Waals surface area contributed by atoms with Crippen LogP contribution in [0.2, 0.25) is 0 Å². The number of hydrogen-bond acceptors (Lipinski definition) is 3. The highest BCUT2D eigenvalue weighted by atomic mass is 16.2. The molecule has 1 atom stereocenters. The number of nitrogens with zero attached hydrogens (tertiary/aromatic N) is 1. The van der Waals surface area contributed by atoms with Gasteiger partial charge in [0.1, 0.15) is 12.1 Å². The number of anilines is 2. The molecule has 1 aliphatic rings. The Balaban J connectivity index is 2.45. The van der Waals surface area contributed by atoms with Crippen LogP contribution in [0, 0.1) is 11.3 Å². The predicted molar refractivity (Wildman–Crippen MR) is 57.5 cm³/mol. The first kappa shape index (κ1) is 9.53. The van der Waals surface area contributed by atoms with Crippen molar-refractivity contribution in [3.63, 3.8) is 0 Å². The van der Waals surface area contributed by atoms with E-state index >= 15 is 0 Å². The summed E-state index contributed by atoms with van der Waals surface area (Å²) >= 11 is 0. The first-order valence-corrected chi connectivity index (χ1v) is 4.86. The molecule has 0 saturated heterocycles. The highest BCUT2D eigenvalue weighted by Crippen LogP contribution is 2.30. The summed E-state index contributed by atoms with van der Waals surface area (Å²) in [6.45, 7) is 1.94. The predicted octanol–water partition coefficient (Wildman–Crippen LogP) is 1.70. The fraction of sp³-hybridized carbons (Fsp3) is 0.273. The molecule has 15 heavy (non-hydrogen) atoms. The smallest absolute Gasteiger partial charge is 0.246 e. The van der Waals surface area contributed by atoms with Crippen molar-refractivity contribution in [2.75, 3.05) is 10.6 Å². The van der Waals surface area contributed by atoms with Gasteiger partial charge in [0, 0.05) is 0 Å². The Bertz CT molecular complexity index is 448. The van der Waals surface area contributed by atoms with E-state index in [0.29, 0.717) is 11.3 Å². The molecule has 0 aliphatic carbocycles. The van der Waals surface area contributed by atoms with E-state index in [-0.39, 0.29) is 11.9 Å². The summed E-state index contributed by atoms with van der Waals surface area (Å²) < 4.78 is 0. The van der Waals surface area contributed by atoms with E-state index in [4.69, 9.17) is 5.26 Å². The maximum atomic E-state index is 11.6. The van der Waals surface area contributed by atoms with Gasteiger partial charge < -0.3 is 10.6 Å². The SMILES string of the molecule is CCC1Nc2cccc(C#N)c2NC1=O. The molecule has 4 nitrogen and oxygen atoms in total. The largest absolute Gasteiger partial charge is 0.372 e. The Morgan fingerprint density at radius 3 is 3.00 bits per heavy atom. The Morgan fingerprint density at radius 2 is 2.33 bits per heavy atom. The van der Waals surface area contributed by atoms with Gasteiger partial charge in [0.2, 0.25) is 5.91 Å². The van der Waals surface area contributed by atoms with Crippen LogP contribution >= 0.6 is 0 Å². The van der Waals surface area contributed by atoms with Crippen LogP contribution in [0.4, 0.5) is 11.4 Å². The molecular weight excluding hydrogens is 190 g/mol. The van der Waals surface area contributed by atoms with E-state index in [0.717, 1.165) is 12.1 Å². The number of nitriles is 1. The number of para-hydroxylation sites is 1. The Morgan fingerprint density at radius 1 is 1.53 bits per heavy atom. The van der Waals surface area contributed by atoms with Gasteiger partial charge in [0.05, 0.1) is 16.9 Å². The van der Waals surface area contributed by atoms with Crippen LogP contribution in [0.15, 0.2) is 18.2 Å². The molecule has 1 aliphatic heterocycles. The van der Waals surface area contributed by atoms with Gasteiger partial charge in [-0.1, -0.05) is 13.0 Å². The fourth-order valence-corrected chi connectivity index (χ4v) is 1.65. The van der Waals surface area contributed by atoms with Gasteiger partial charge >= 0.3 is 0 Å². The summed E-state index contributed by atoms with van der Waals surface area (Å²) in [7, 11) is 0. The average molecular weight is 201 g/mol. The quantitative estimate of drug-likeness (QED) is 0.726. The molecule has 2 N–H and O–H groups in total. The minimum atomic E-state index is -0.202. The number of amides is 1. The van der Waals surface area contributed by atoms with Gasteiger partial charge in [-0.2, -0.15) is 5.26 Å². The summed E-state index contributed by atoms with van der Waals surface area (Å²) in [5, 5.41) is 14.7. The van der Waals surface area contributed by atoms with Crippen molar-refractivity contribution in [1.82, 2.24) is 0 Å². The molecule has 0 radical (unpaired) electrons. The van der Waals surface area contributed by atoms with E-state index in [1.807, 2.05) is 13.0 Å². The van der Waals surface area contributed by atoms with Crippen molar-refractivity contribution in [3.8, 4) is 6.07 Å². The minimum Gasteiger partial charge on any atom is -0.372 e. The first-order chi connectivity index (χ1) is 7.26. The van der Waals surface area contributed by atoms with E-state index in [1.165, 1.54) is 0 Å². The van der Waals surface area contributed by atoms with Crippen molar-refractivity contribution in [3.05, 3.63) is 23.8 Å². The maximum Gasteiger partial charge on any atom is 0.246 e. The molecule has 1 heterocycles. The van der Waals surface area contributed by atoms with Crippen molar-refractivity contribution < 1.29 is 4.79 Å². The number of hydrogen-bond donors (Lipinski definition) is 2. The molecule has 1 aromatic carbocycles. The Kier molecular flexibility index (Phi) is 2.30. The van der Waals surface area contributed by atoms with Gasteiger partial charge in [0.25, 0.3) is 0 Å². The lowest BCUT2D eigenvalue weighted by Gasteiger charge is -2.26. The molecule has 0 aromatic heterocycles. The summed E-state index contributed by atoms with van der Waals surface area (Å²) in [5.74, 6) is -0.0762. The standard InChI is InChI=1S/C11H11N3O/c1-2-8-11(15)14-10-7(6-12)4-3-5-9(10)13-8/h3-5,8,13H,2H2,1H3,(H,14,15). The highest BCUT2D eigenvalue weighted by Gasteiger charge is 2.25. The Labute approximate surface area is 87.9 Å². The van der Waals surface area contributed by atoms with Crippen molar-refractivity contribution in [2.45, 2.75) is 19.4 Å². The number of nitrogens with one attached hydrogen (secondary N) is 2. The number of benzene rings is 1. The van der Waals surface area contributed by atoms with Gasteiger partial charge in [0.15, 0.2) is 0 Å². The van der Waals surface area contributed by atoms with E-state index in [9.17, 15) is 4.79 Å². The van der Waals surface area contributed by atoms with E-state index < -0.39 is 0 Å². The second-order valence-corrected chi connectivity index (χ2v) is 3.43. The summed E-state index contributed by atoms with van der Waals surface area (Å²) in [5.41, 5.74) is 1.90. The molecule has 0 fully saturated rings. The molecular formula is C11H11N3O. The number of fused-ring (bicyclic) bond motifs is 1. The monoisotopic (exact) mass is 201 g/mol. The number of carbonyl (C=O) groups excluding carboxylic acids is 1. The zero-order valence-corrected chi connectivity index (χ0v) is 8.37. The molecule has 76 valence electrons. The third-order valence-electron chi connectivity index (χ3n) is 2.49. The van der Waals surface area contributed by atoms with Crippen LogP contribution in [0.3, 0.4) is 0 Å². The molecule has 0 saturated carbocycles. The molecule has 2 rings (SSSR count). The molecule has 1 amide bonds. The van der Waals surface area contributed by atoms with Gasteiger partial charge in [-0.25, -0.2) is 0 Å². The topological polar surface area (TPSA) is 64.9 Å². The van der Waals surface area contributed by atoms with Crippen LogP contribution in [-0.2, 0) is 4.79 Å².